The lowest BCUT2D eigenvalue weighted by Crippen LogP contribution is -2.46. The van der Waals surface area contributed by atoms with Crippen LogP contribution in [0, 0.1) is 12.7 Å². The molecule has 0 radical (unpaired) electrons. The summed E-state index contributed by atoms with van der Waals surface area (Å²) in [6, 6.07) is 8.38. The topological polar surface area (TPSA) is 106 Å². The van der Waals surface area contributed by atoms with Gasteiger partial charge in [0.15, 0.2) is 0 Å². The lowest BCUT2D eigenvalue weighted by Gasteiger charge is -2.39. The maximum atomic E-state index is 13.9. The van der Waals surface area contributed by atoms with Gasteiger partial charge in [0.2, 0.25) is 16.0 Å². The van der Waals surface area contributed by atoms with Gasteiger partial charge in [-0.3, -0.25) is 9.62 Å². The first kappa shape index (κ1) is 31.7. The summed E-state index contributed by atoms with van der Waals surface area (Å²) in [6.45, 7) is 8.69. The van der Waals surface area contributed by atoms with E-state index in [1.807, 2.05) is 12.1 Å². The number of aryl methyl sites for hydroxylation is 1. The van der Waals surface area contributed by atoms with Crippen LogP contribution in [0.15, 0.2) is 41.0 Å². The van der Waals surface area contributed by atoms with E-state index in [4.69, 9.17) is 11.6 Å². The van der Waals surface area contributed by atoms with Crippen molar-refractivity contribution in [1.82, 2.24) is 19.8 Å². The van der Waals surface area contributed by atoms with Crippen molar-refractivity contribution >= 4 is 72.1 Å². The fourth-order valence-corrected chi connectivity index (χ4v) is 6.75. The molecule has 2 aromatic carbocycles. The molecule has 1 aromatic heterocycles. The summed E-state index contributed by atoms with van der Waals surface area (Å²) in [6.07, 6.45) is 6.07. The van der Waals surface area contributed by atoms with Gasteiger partial charge in [0.05, 0.1) is 32.8 Å². The van der Waals surface area contributed by atoms with E-state index < -0.39 is 15.8 Å². The van der Waals surface area contributed by atoms with Crippen LogP contribution in [0.25, 0.3) is 0 Å². The third kappa shape index (κ3) is 8.27. The third-order valence-corrected chi connectivity index (χ3v) is 9.37. The zero-order valence-corrected chi connectivity index (χ0v) is 27.7. The van der Waals surface area contributed by atoms with Crippen molar-refractivity contribution in [3.8, 4) is 0 Å². The van der Waals surface area contributed by atoms with Crippen molar-refractivity contribution in [2.75, 3.05) is 72.8 Å². The van der Waals surface area contributed by atoms with E-state index in [1.54, 1.807) is 6.20 Å². The van der Waals surface area contributed by atoms with Crippen LogP contribution in [0.1, 0.15) is 24.8 Å². The molecular weight excluding hydrogens is 659 g/mol. The molecule has 232 valence electrons. The summed E-state index contributed by atoms with van der Waals surface area (Å²) in [4.78, 5) is 16.4. The molecule has 2 saturated heterocycles. The summed E-state index contributed by atoms with van der Waals surface area (Å²) in [5.74, 6) is 0.0523. The number of sulfonamides is 1. The van der Waals surface area contributed by atoms with Crippen molar-refractivity contribution in [2.45, 2.75) is 32.2 Å². The number of piperidine rings is 1. The van der Waals surface area contributed by atoms with Crippen LogP contribution in [0.2, 0.25) is 5.02 Å². The standard InChI is InChI=1S/C29H37BrClFN8O2S/c1-19-15-25(23(31)17-27(19)40-11-7-21(8-12-40)39-10-4-9-38(2)13-14-39)35-29-33-18-22(30)28(36-29)34-24-6-5-20(32)16-26(24)37-43(3,41)42/h5-6,15-18,21,37H,4,7-14H2,1-3H3,(H2,33,34,35,36). The molecule has 0 spiro atoms. The molecule has 5 rings (SSSR count). The average Bonchev–Trinajstić information content (AvgIpc) is 3.17. The zero-order valence-electron chi connectivity index (χ0n) is 24.5. The second kappa shape index (κ2) is 13.5. The molecule has 0 unspecified atom stereocenters. The number of nitrogens with one attached hydrogen (secondary N) is 3. The van der Waals surface area contributed by atoms with Crippen molar-refractivity contribution in [3.63, 3.8) is 0 Å². The molecular formula is C29H37BrClFN8O2S. The van der Waals surface area contributed by atoms with E-state index in [2.05, 4.69) is 69.9 Å². The van der Waals surface area contributed by atoms with Gasteiger partial charge >= 0.3 is 0 Å². The number of anilines is 6. The van der Waals surface area contributed by atoms with Crippen LogP contribution in [0.5, 0.6) is 0 Å². The molecule has 2 fully saturated rings. The molecule has 0 atom stereocenters. The summed E-state index contributed by atoms with van der Waals surface area (Å²) < 4.78 is 40.3. The third-order valence-electron chi connectivity index (χ3n) is 7.88. The fourth-order valence-electron chi connectivity index (χ4n) is 5.68. The van der Waals surface area contributed by atoms with E-state index in [0.717, 1.165) is 62.6 Å². The van der Waals surface area contributed by atoms with E-state index >= 15 is 0 Å². The number of benzene rings is 2. The molecule has 0 amide bonds. The van der Waals surface area contributed by atoms with E-state index in [0.29, 0.717) is 32.7 Å². The average molecular weight is 696 g/mol. The lowest BCUT2D eigenvalue weighted by atomic mass is 10.0. The van der Waals surface area contributed by atoms with Gasteiger partial charge in [-0.2, -0.15) is 4.98 Å². The van der Waals surface area contributed by atoms with Crippen LogP contribution in [-0.2, 0) is 10.0 Å². The quantitative estimate of drug-likeness (QED) is 0.270. The van der Waals surface area contributed by atoms with Crippen LogP contribution < -0.4 is 20.3 Å². The maximum absolute atomic E-state index is 13.9. The monoisotopic (exact) mass is 694 g/mol. The van der Waals surface area contributed by atoms with Gasteiger partial charge in [0, 0.05) is 50.2 Å². The smallest absolute Gasteiger partial charge is 0.229 e. The first-order valence-electron chi connectivity index (χ1n) is 14.3. The SMILES string of the molecule is Cc1cc(Nc2ncc(Br)c(Nc3ccc(F)cc3NS(C)(=O)=O)n2)c(Cl)cc1N1CCC(N2CCCN(C)CC2)CC1. The predicted molar refractivity (Wildman–Crippen MR) is 176 cm³/mol. The second-order valence-corrected chi connectivity index (χ2v) is 14.2. The predicted octanol–water partition coefficient (Wildman–Crippen LogP) is 5.81. The number of hydrogen-bond donors (Lipinski definition) is 3. The van der Waals surface area contributed by atoms with Gasteiger partial charge in [-0.1, -0.05) is 11.6 Å². The van der Waals surface area contributed by atoms with Crippen molar-refractivity contribution in [1.29, 1.82) is 0 Å². The highest BCUT2D eigenvalue weighted by Gasteiger charge is 2.27. The van der Waals surface area contributed by atoms with Crippen molar-refractivity contribution in [2.24, 2.45) is 0 Å². The first-order chi connectivity index (χ1) is 20.4. The number of hydrogen-bond acceptors (Lipinski definition) is 9. The van der Waals surface area contributed by atoms with E-state index in [9.17, 15) is 12.8 Å². The molecule has 0 saturated carbocycles. The number of likely N-dealkylation sites (N-methyl/N-ethyl adjacent to an activating group) is 1. The largest absolute Gasteiger partial charge is 0.371 e. The molecule has 0 bridgehead atoms. The Morgan fingerprint density at radius 2 is 1.77 bits per heavy atom. The Hall–Kier alpha value is -2.71. The fraction of sp³-hybridized carbons (Fsp3) is 0.448. The van der Waals surface area contributed by atoms with Crippen molar-refractivity contribution in [3.05, 3.63) is 57.4 Å². The molecule has 3 N–H and O–H groups in total. The Balaban J connectivity index is 1.27. The molecule has 3 aromatic rings. The molecule has 2 aliphatic rings. The van der Waals surface area contributed by atoms with E-state index in [-0.39, 0.29) is 11.6 Å². The summed E-state index contributed by atoms with van der Waals surface area (Å²) in [5.41, 5.74) is 3.27. The highest BCUT2D eigenvalue weighted by molar-refractivity contribution is 9.10. The lowest BCUT2D eigenvalue weighted by molar-refractivity contribution is 0.174. The van der Waals surface area contributed by atoms with Crippen LogP contribution >= 0.6 is 27.5 Å². The molecule has 14 heteroatoms. The minimum absolute atomic E-state index is 0.0554. The minimum atomic E-state index is -3.63. The van der Waals surface area contributed by atoms with Gasteiger partial charge in [-0.15, -0.1) is 0 Å². The molecule has 43 heavy (non-hydrogen) atoms. The normalized spacial score (nSPS) is 17.5. The van der Waals surface area contributed by atoms with Gasteiger partial charge in [-0.05, 0) is 92.1 Å². The minimum Gasteiger partial charge on any atom is -0.371 e. The van der Waals surface area contributed by atoms with Crippen LogP contribution in [-0.4, -0.2) is 86.8 Å². The Morgan fingerprint density at radius 3 is 2.51 bits per heavy atom. The number of nitrogens with zero attached hydrogens (tertiary/aromatic N) is 5. The Morgan fingerprint density at radius 1 is 1.00 bits per heavy atom. The Kier molecular flexibility index (Phi) is 9.96. The number of halogens is 3. The first-order valence-corrected chi connectivity index (χ1v) is 17.3. The summed E-state index contributed by atoms with van der Waals surface area (Å²) in [7, 11) is -1.43. The molecule has 2 aliphatic heterocycles. The van der Waals surface area contributed by atoms with Crippen LogP contribution in [0.4, 0.5) is 38.9 Å². The highest BCUT2D eigenvalue weighted by atomic mass is 79.9. The second-order valence-electron chi connectivity index (χ2n) is 11.2. The van der Waals surface area contributed by atoms with Gasteiger partial charge in [-0.25, -0.2) is 17.8 Å². The Bertz CT molecular complexity index is 1570. The maximum Gasteiger partial charge on any atom is 0.229 e. The van der Waals surface area contributed by atoms with Crippen molar-refractivity contribution < 1.29 is 12.8 Å². The molecule has 0 aliphatic carbocycles. The number of aromatic nitrogens is 2. The molecule has 10 nitrogen and oxygen atoms in total. The molecule has 3 heterocycles. The Labute approximate surface area is 266 Å². The summed E-state index contributed by atoms with van der Waals surface area (Å²) in [5, 5.41) is 6.81. The van der Waals surface area contributed by atoms with Gasteiger partial charge in [0.1, 0.15) is 11.6 Å². The highest BCUT2D eigenvalue weighted by Crippen LogP contribution is 2.35. The van der Waals surface area contributed by atoms with Gasteiger partial charge in [0.25, 0.3) is 0 Å². The van der Waals surface area contributed by atoms with E-state index in [1.165, 1.54) is 31.6 Å². The zero-order chi connectivity index (χ0) is 30.7. The van der Waals surface area contributed by atoms with Crippen LogP contribution in [0.3, 0.4) is 0 Å². The summed E-state index contributed by atoms with van der Waals surface area (Å²) >= 11 is 10.2. The number of rotatable bonds is 8. The van der Waals surface area contributed by atoms with Gasteiger partial charge < -0.3 is 20.4 Å².